The number of ether oxygens (including phenoxy) is 1. The zero-order chi connectivity index (χ0) is 12.3. The molecule has 2 heterocycles. The average Bonchev–Trinajstić information content (AvgIpc) is 2.33. The van der Waals surface area contributed by atoms with E-state index in [9.17, 15) is 9.59 Å². The number of carboxylic acids is 1. The molecule has 2 saturated heterocycles. The fraction of sp³-hybridized carbons (Fsp3) is 0.818. The van der Waals surface area contributed by atoms with E-state index in [0.717, 1.165) is 13.0 Å². The second-order valence-corrected chi connectivity index (χ2v) is 4.58. The van der Waals surface area contributed by atoms with E-state index >= 15 is 0 Å². The first-order valence-corrected chi connectivity index (χ1v) is 6.02. The van der Waals surface area contributed by atoms with E-state index in [1.54, 1.807) is 4.90 Å². The minimum Gasteiger partial charge on any atom is -0.479 e. The first-order chi connectivity index (χ1) is 8.16. The smallest absolute Gasteiger partial charge is 0.334 e. The van der Waals surface area contributed by atoms with Crippen LogP contribution in [0.15, 0.2) is 0 Å². The quantitative estimate of drug-likeness (QED) is 0.693. The molecule has 2 N–H and O–H groups in total. The summed E-state index contributed by atoms with van der Waals surface area (Å²) in [5.41, 5.74) is 0. The van der Waals surface area contributed by atoms with E-state index in [1.165, 1.54) is 12.8 Å². The Hall–Kier alpha value is -1.14. The molecule has 0 radical (unpaired) electrons. The Bertz CT molecular complexity index is 302. The van der Waals surface area contributed by atoms with Crippen LogP contribution in [0.5, 0.6) is 0 Å². The Morgan fingerprint density at radius 2 is 2.35 bits per heavy atom. The molecular formula is C11H18N2O4. The Morgan fingerprint density at radius 1 is 1.53 bits per heavy atom. The molecule has 2 atom stereocenters. The molecule has 2 unspecified atom stereocenters. The van der Waals surface area contributed by atoms with Gasteiger partial charge in [0, 0.05) is 12.6 Å². The first-order valence-electron chi connectivity index (χ1n) is 6.02. The topological polar surface area (TPSA) is 78.9 Å². The molecular weight excluding hydrogens is 224 g/mol. The lowest BCUT2D eigenvalue weighted by Crippen LogP contribution is -2.54. The highest BCUT2D eigenvalue weighted by Gasteiger charge is 2.32. The number of carbonyl (C=O) groups is 2. The van der Waals surface area contributed by atoms with Gasteiger partial charge in [-0.3, -0.25) is 4.79 Å². The lowest BCUT2D eigenvalue weighted by molar-refractivity contribution is -0.165. The normalized spacial score (nSPS) is 30.4. The monoisotopic (exact) mass is 242 g/mol. The van der Waals surface area contributed by atoms with Crippen molar-refractivity contribution in [2.24, 2.45) is 0 Å². The van der Waals surface area contributed by atoms with Crippen LogP contribution in [-0.2, 0) is 14.3 Å². The van der Waals surface area contributed by atoms with Crippen LogP contribution in [0.25, 0.3) is 0 Å². The van der Waals surface area contributed by atoms with Crippen molar-refractivity contribution in [3.8, 4) is 0 Å². The third-order valence-electron chi connectivity index (χ3n) is 3.28. The number of hydrogen-bond donors (Lipinski definition) is 2. The molecule has 96 valence electrons. The minimum absolute atomic E-state index is 0.116. The number of piperidine rings is 1. The summed E-state index contributed by atoms with van der Waals surface area (Å²) in [6, 6.07) is 0.292. The van der Waals surface area contributed by atoms with Gasteiger partial charge in [-0.1, -0.05) is 6.42 Å². The number of morpholine rings is 1. The maximum Gasteiger partial charge on any atom is 0.334 e. The Balaban J connectivity index is 1.88. The maximum atomic E-state index is 11.6. The summed E-state index contributed by atoms with van der Waals surface area (Å²) < 4.78 is 4.96. The van der Waals surface area contributed by atoms with E-state index in [1.807, 2.05) is 0 Å². The summed E-state index contributed by atoms with van der Waals surface area (Å²) in [6.07, 6.45) is 2.50. The maximum absolute atomic E-state index is 11.6. The van der Waals surface area contributed by atoms with Crippen molar-refractivity contribution < 1.29 is 19.4 Å². The van der Waals surface area contributed by atoms with Gasteiger partial charge < -0.3 is 20.1 Å². The third-order valence-corrected chi connectivity index (χ3v) is 3.28. The summed E-state index contributed by atoms with van der Waals surface area (Å²) in [5.74, 6) is -1.12. The van der Waals surface area contributed by atoms with E-state index in [0.29, 0.717) is 12.6 Å². The van der Waals surface area contributed by atoms with E-state index in [4.69, 9.17) is 9.84 Å². The molecule has 6 heteroatoms. The number of amides is 1. The summed E-state index contributed by atoms with van der Waals surface area (Å²) in [6.45, 7) is 1.60. The van der Waals surface area contributed by atoms with Gasteiger partial charge in [-0.05, 0) is 19.4 Å². The van der Waals surface area contributed by atoms with Crippen molar-refractivity contribution in [3.63, 3.8) is 0 Å². The lowest BCUT2D eigenvalue weighted by Gasteiger charge is -2.34. The predicted octanol–water partition coefficient (Wildman–Crippen LogP) is -0.559. The Morgan fingerprint density at radius 3 is 3.00 bits per heavy atom. The van der Waals surface area contributed by atoms with Gasteiger partial charge in [0.05, 0.1) is 6.54 Å². The van der Waals surface area contributed by atoms with Crippen LogP contribution in [0.3, 0.4) is 0 Å². The van der Waals surface area contributed by atoms with Gasteiger partial charge in [0.15, 0.2) is 6.10 Å². The van der Waals surface area contributed by atoms with E-state index < -0.39 is 12.1 Å². The van der Waals surface area contributed by atoms with Gasteiger partial charge in [-0.2, -0.15) is 0 Å². The van der Waals surface area contributed by atoms with Gasteiger partial charge in [0.1, 0.15) is 6.61 Å². The highest BCUT2D eigenvalue weighted by atomic mass is 16.5. The van der Waals surface area contributed by atoms with Crippen molar-refractivity contribution in [1.29, 1.82) is 0 Å². The Labute approximate surface area is 99.9 Å². The lowest BCUT2D eigenvalue weighted by atomic mass is 10.0. The van der Waals surface area contributed by atoms with Crippen LogP contribution >= 0.6 is 0 Å². The van der Waals surface area contributed by atoms with Gasteiger partial charge in [-0.25, -0.2) is 4.79 Å². The molecule has 2 aliphatic heterocycles. The molecule has 0 bridgehead atoms. The molecule has 0 saturated carbocycles. The third kappa shape index (κ3) is 3.17. The van der Waals surface area contributed by atoms with Crippen molar-refractivity contribution in [2.75, 3.05) is 26.2 Å². The summed E-state index contributed by atoms with van der Waals surface area (Å²) >= 11 is 0. The Kier molecular flexibility index (Phi) is 3.96. The van der Waals surface area contributed by atoms with Gasteiger partial charge in [0.25, 0.3) is 0 Å². The predicted molar refractivity (Wildman–Crippen MR) is 59.6 cm³/mol. The van der Waals surface area contributed by atoms with Gasteiger partial charge >= 0.3 is 5.97 Å². The van der Waals surface area contributed by atoms with Gasteiger partial charge in [-0.15, -0.1) is 0 Å². The molecule has 1 amide bonds. The highest BCUT2D eigenvalue weighted by Crippen LogP contribution is 2.12. The second kappa shape index (κ2) is 5.46. The second-order valence-electron chi connectivity index (χ2n) is 4.58. The molecule has 2 fully saturated rings. The van der Waals surface area contributed by atoms with Crippen LogP contribution < -0.4 is 5.32 Å². The van der Waals surface area contributed by atoms with Crippen LogP contribution in [-0.4, -0.2) is 60.3 Å². The zero-order valence-corrected chi connectivity index (χ0v) is 9.72. The zero-order valence-electron chi connectivity index (χ0n) is 9.72. The number of aliphatic carboxylic acids is 1. The van der Waals surface area contributed by atoms with Crippen molar-refractivity contribution in [1.82, 2.24) is 10.2 Å². The number of rotatable bonds is 3. The van der Waals surface area contributed by atoms with Crippen LogP contribution in [0, 0.1) is 0 Å². The standard InChI is InChI=1S/C11H18N2O4/c14-10-7-17-9(11(15)16)6-13(10)5-8-3-1-2-4-12-8/h8-9,12H,1-7H2,(H,15,16). The van der Waals surface area contributed by atoms with Crippen molar-refractivity contribution >= 4 is 11.9 Å². The largest absolute Gasteiger partial charge is 0.479 e. The molecule has 0 aromatic rings. The SMILES string of the molecule is O=C(O)C1CN(CC2CCCCN2)C(=O)CO1. The number of carbonyl (C=O) groups excluding carboxylic acids is 1. The summed E-state index contributed by atoms with van der Waals surface area (Å²) in [7, 11) is 0. The number of nitrogens with zero attached hydrogens (tertiary/aromatic N) is 1. The van der Waals surface area contributed by atoms with Crippen LogP contribution in [0.4, 0.5) is 0 Å². The molecule has 6 nitrogen and oxygen atoms in total. The minimum atomic E-state index is -1.00. The molecule has 2 rings (SSSR count). The molecule has 2 aliphatic rings. The summed E-state index contributed by atoms with van der Waals surface area (Å²) in [4.78, 5) is 24.0. The van der Waals surface area contributed by atoms with Crippen molar-refractivity contribution in [2.45, 2.75) is 31.4 Å². The number of hydrogen-bond acceptors (Lipinski definition) is 4. The van der Waals surface area contributed by atoms with E-state index in [-0.39, 0.29) is 19.1 Å². The molecule has 17 heavy (non-hydrogen) atoms. The summed E-state index contributed by atoms with van der Waals surface area (Å²) in [5, 5.41) is 12.2. The first kappa shape index (κ1) is 12.3. The fourth-order valence-corrected chi connectivity index (χ4v) is 2.29. The number of carboxylic acid groups (broad SMARTS) is 1. The average molecular weight is 242 g/mol. The molecule has 0 aromatic carbocycles. The van der Waals surface area contributed by atoms with Crippen LogP contribution in [0.1, 0.15) is 19.3 Å². The molecule has 0 aliphatic carbocycles. The van der Waals surface area contributed by atoms with Gasteiger partial charge in [0.2, 0.25) is 5.91 Å². The van der Waals surface area contributed by atoms with E-state index in [2.05, 4.69) is 5.32 Å². The molecule has 0 spiro atoms. The number of nitrogens with one attached hydrogen (secondary N) is 1. The molecule has 0 aromatic heterocycles. The highest BCUT2D eigenvalue weighted by molar-refractivity contribution is 5.81. The fourth-order valence-electron chi connectivity index (χ4n) is 2.29. The van der Waals surface area contributed by atoms with Crippen LogP contribution in [0.2, 0.25) is 0 Å². The van der Waals surface area contributed by atoms with Crippen molar-refractivity contribution in [3.05, 3.63) is 0 Å².